The third-order valence-corrected chi connectivity index (χ3v) is 3.75. The number of hydrogen-bond acceptors (Lipinski definition) is 4. The standard InChI is InChI=1S/C18H23NO4/c1-12-9-18(2,3)10-14(20)17(12)23-11-16(21)19-13-7-5-6-8-15(13)22-4/h5-8H,9-11H2,1-4H3,(H,19,21). The first-order valence-electron chi connectivity index (χ1n) is 7.61. The van der Waals surface area contributed by atoms with Gasteiger partial charge in [-0.15, -0.1) is 0 Å². The highest BCUT2D eigenvalue weighted by molar-refractivity contribution is 5.97. The third kappa shape index (κ3) is 4.34. The SMILES string of the molecule is COc1ccccc1NC(=O)COC1=C(C)CC(C)(C)CC1=O. The van der Waals surface area contributed by atoms with Gasteiger partial charge in [0.2, 0.25) is 0 Å². The summed E-state index contributed by atoms with van der Waals surface area (Å²) in [6.07, 6.45) is 1.23. The highest BCUT2D eigenvalue weighted by atomic mass is 16.5. The highest BCUT2D eigenvalue weighted by Gasteiger charge is 2.32. The van der Waals surface area contributed by atoms with Gasteiger partial charge in [-0.25, -0.2) is 0 Å². The van der Waals surface area contributed by atoms with Crippen LogP contribution >= 0.6 is 0 Å². The second-order valence-electron chi connectivity index (χ2n) is 6.59. The molecule has 124 valence electrons. The molecule has 0 aliphatic heterocycles. The number of amides is 1. The van der Waals surface area contributed by atoms with Crippen LogP contribution in [0.1, 0.15) is 33.6 Å². The largest absolute Gasteiger partial charge is 0.495 e. The average Bonchev–Trinajstić information content (AvgIpc) is 2.45. The van der Waals surface area contributed by atoms with Crippen molar-refractivity contribution in [2.75, 3.05) is 19.0 Å². The number of para-hydroxylation sites is 2. The predicted octanol–water partition coefficient (Wildman–Crippen LogP) is 3.31. The lowest BCUT2D eigenvalue weighted by molar-refractivity contribution is -0.124. The van der Waals surface area contributed by atoms with Crippen molar-refractivity contribution >= 4 is 17.4 Å². The summed E-state index contributed by atoms with van der Waals surface area (Å²) in [5.41, 5.74) is 1.43. The minimum Gasteiger partial charge on any atom is -0.495 e. The summed E-state index contributed by atoms with van der Waals surface area (Å²) >= 11 is 0. The number of carbonyl (C=O) groups excluding carboxylic acids is 2. The summed E-state index contributed by atoms with van der Waals surface area (Å²) in [7, 11) is 1.54. The van der Waals surface area contributed by atoms with Crippen molar-refractivity contribution in [1.82, 2.24) is 0 Å². The third-order valence-electron chi connectivity index (χ3n) is 3.75. The summed E-state index contributed by atoms with van der Waals surface area (Å²) in [4.78, 5) is 24.2. The molecule has 1 aliphatic carbocycles. The van der Waals surface area contributed by atoms with E-state index in [2.05, 4.69) is 19.2 Å². The van der Waals surface area contributed by atoms with Crippen molar-refractivity contribution in [2.24, 2.45) is 5.41 Å². The van der Waals surface area contributed by atoms with Crippen LogP contribution < -0.4 is 10.1 Å². The van der Waals surface area contributed by atoms with Crippen LogP contribution in [-0.2, 0) is 14.3 Å². The molecular weight excluding hydrogens is 294 g/mol. The minimum absolute atomic E-state index is 0.0381. The molecule has 0 saturated carbocycles. The van der Waals surface area contributed by atoms with Gasteiger partial charge in [-0.2, -0.15) is 0 Å². The lowest BCUT2D eigenvalue weighted by Gasteiger charge is -2.30. The maximum atomic E-state index is 12.2. The Morgan fingerprint density at radius 3 is 2.61 bits per heavy atom. The molecule has 1 N–H and O–H groups in total. The summed E-state index contributed by atoms with van der Waals surface area (Å²) in [6, 6.07) is 7.13. The normalized spacial score (nSPS) is 17.0. The molecule has 5 nitrogen and oxygen atoms in total. The molecule has 0 aromatic heterocycles. The Morgan fingerprint density at radius 1 is 1.26 bits per heavy atom. The van der Waals surface area contributed by atoms with Gasteiger partial charge < -0.3 is 14.8 Å². The molecule has 0 radical (unpaired) electrons. The Labute approximate surface area is 136 Å². The smallest absolute Gasteiger partial charge is 0.262 e. The van der Waals surface area contributed by atoms with E-state index in [4.69, 9.17) is 9.47 Å². The highest BCUT2D eigenvalue weighted by Crippen LogP contribution is 2.36. The predicted molar refractivity (Wildman–Crippen MR) is 88.3 cm³/mol. The van der Waals surface area contributed by atoms with Crippen LogP contribution in [0, 0.1) is 5.41 Å². The van der Waals surface area contributed by atoms with E-state index in [0.29, 0.717) is 23.6 Å². The molecule has 0 fully saturated rings. The number of methoxy groups -OCH3 is 1. The Hall–Kier alpha value is -2.30. The fraction of sp³-hybridized carbons (Fsp3) is 0.444. The van der Waals surface area contributed by atoms with Gasteiger partial charge in [-0.3, -0.25) is 9.59 Å². The summed E-state index contributed by atoms with van der Waals surface area (Å²) in [5, 5.41) is 2.72. The van der Waals surface area contributed by atoms with Gasteiger partial charge >= 0.3 is 0 Å². The lowest BCUT2D eigenvalue weighted by Crippen LogP contribution is -2.28. The van der Waals surface area contributed by atoms with Crippen molar-refractivity contribution in [3.63, 3.8) is 0 Å². The van der Waals surface area contributed by atoms with E-state index in [1.807, 2.05) is 13.0 Å². The van der Waals surface area contributed by atoms with Crippen LogP contribution in [0.25, 0.3) is 0 Å². The molecular formula is C18H23NO4. The van der Waals surface area contributed by atoms with Crippen LogP contribution in [-0.4, -0.2) is 25.4 Å². The van der Waals surface area contributed by atoms with E-state index in [1.54, 1.807) is 18.2 Å². The van der Waals surface area contributed by atoms with Crippen molar-refractivity contribution in [2.45, 2.75) is 33.6 Å². The molecule has 0 atom stereocenters. The van der Waals surface area contributed by atoms with Crippen molar-refractivity contribution in [3.05, 3.63) is 35.6 Å². The Balaban J connectivity index is 1.98. The summed E-state index contributed by atoms with van der Waals surface area (Å²) < 4.78 is 10.7. The molecule has 1 aromatic rings. The molecule has 1 aromatic carbocycles. The van der Waals surface area contributed by atoms with Gasteiger partial charge in [0.05, 0.1) is 12.8 Å². The maximum Gasteiger partial charge on any atom is 0.262 e. The van der Waals surface area contributed by atoms with Gasteiger partial charge in [0.25, 0.3) is 5.91 Å². The minimum atomic E-state index is -0.326. The number of ketones is 1. The molecule has 0 saturated heterocycles. The Morgan fingerprint density at radius 2 is 1.96 bits per heavy atom. The van der Waals surface area contributed by atoms with Crippen LogP contribution in [0.15, 0.2) is 35.6 Å². The number of hydrogen-bond donors (Lipinski definition) is 1. The van der Waals surface area contributed by atoms with Crippen LogP contribution in [0.3, 0.4) is 0 Å². The number of rotatable bonds is 5. The number of nitrogens with one attached hydrogen (secondary N) is 1. The van der Waals surface area contributed by atoms with Gasteiger partial charge in [-0.05, 0) is 36.5 Å². The average molecular weight is 317 g/mol. The molecule has 0 heterocycles. The Kier molecular flexibility index (Phi) is 5.08. The van der Waals surface area contributed by atoms with Crippen molar-refractivity contribution in [3.8, 4) is 5.75 Å². The van der Waals surface area contributed by atoms with E-state index >= 15 is 0 Å². The number of allylic oxidation sites excluding steroid dienone is 2. The molecule has 1 amide bonds. The lowest BCUT2D eigenvalue weighted by atomic mass is 9.76. The maximum absolute atomic E-state index is 12.2. The van der Waals surface area contributed by atoms with E-state index in [-0.39, 0.29) is 23.7 Å². The Bertz CT molecular complexity index is 646. The summed E-state index contributed by atoms with van der Waals surface area (Å²) in [6.45, 7) is 5.79. The quantitative estimate of drug-likeness (QED) is 0.905. The monoisotopic (exact) mass is 317 g/mol. The molecule has 0 unspecified atom stereocenters. The molecule has 5 heteroatoms. The fourth-order valence-electron chi connectivity index (χ4n) is 2.89. The first-order valence-corrected chi connectivity index (χ1v) is 7.61. The van der Waals surface area contributed by atoms with Crippen molar-refractivity contribution in [1.29, 1.82) is 0 Å². The molecule has 1 aliphatic rings. The number of Topliss-reactive ketones (excluding diaryl/α,β-unsaturated/α-hetero) is 1. The van der Waals surface area contributed by atoms with Gasteiger partial charge in [0.1, 0.15) is 5.75 Å². The van der Waals surface area contributed by atoms with Crippen LogP contribution in [0.5, 0.6) is 5.75 Å². The van der Waals surface area contributed by atoms with Crippen molar-refractivity contribution < 1.29 is 19.1 Å². The molecule has 0 bridgehead atoms. The van der Waals surface area contributed by atoms with Crippen LogP contribution in [0.4, 0.5) is 5.69 Å². The summed E-state index contributed by atoms with van der Waals surface area (Å²) in [5.74, 6) is 0.544. The number of benzene rings is 1. The zero-order chi connectivity index (χ0) is 17.0. The van der Waals surface area contributed by atoms with E-state index < -0.39 is 0 Å². The van der Waals surface area contributed by atoms with Gasteiger partial charge in [0, 0.05) is 6.42 Å². The first-order chi connectivity index (χ1) is 10.8. The topological polar surface area (TPSA) is 64.6 Å². The van der Waals surface area contributed by atoms with Crippen LogP contribution in [0.2, 0.25) is 0 Å². The van der Waals surface area contributed by atoms with Gasteiger partial charge in [0.15, 0.2) is 18.1 Å². The number of carbonyl (C=O) groups is 2. The zero-order valence-corrected chi connectivity index (χ0v) is 14.1. The molecule has 2 rings (SSSR count). The molecule has 0 spiro atoms. The second kappa shape index (κ2) is 6.86. The fourth-order valence-corrected chi connectivity index (χ4v) is 2.89. The van der Waals surface area contributed by atoms with E-state index in [9.17, 15) is 9.59 Å². The van der Waals surface area contributed by atoms with E-state index in [0.717, 1.165) is 12.0 Å². The number of ether oxygens (including phenoxy) is 2. The molecule has 23 heavy (non-hydrogen) atoms. The zero-order valence-electron chi connectivity index (χ0n) is 14.1. The van der Waals surface area contributed by atoms with E-state index in [1.165, 1.54) is 7.11 Å². The number of anilines is 1. The first kappa shape index (κ1) is 17.1. The van der Waals surface area contributed by atoms with Gasteiger partial charge in [-0.1, -0.05) is 26.0 Å². The second-order valence-corrected chi connectivity index (χ2v) is 6.59.